The van der Waals surface area contributed by atoms with Gasteiger partial charge in [-0.15, -0.1) is 0 Å². The molecule has 4 rings (SSSR count). The molecule has 3 atom stereocenters. The van der Waals surface area contributed by atoms with Gasteiger partial charge in [0.1, 0.15) is 5.75 Å². The topological polar surface area (TPSA) is 135 Å². The van der Waals surface area contributed by atoms with Gasteiger partial charge in [0, 0.05) is 36.4 Å². The van der Waals surface area contributed by atoms with Crippen molar-refractivity contribution in [3.63, 3.8) is 0 Å². The van der Waals surface area contributed by atoms with Gasteiger partial charge in [-0.05, 0) is 72.4 Å². The molecular weight excluding hydrogens is 498 g/mol. The highest BCUT2D eigenvalue weighted by Crippen LogP contribution is 2.49. The molecule has 2 heterocycles. The van der Waals surface area contributed by atoms with Crippen molar-refractivity contribution in [1.82, 2.24) is 4.98 Å². The number of hydrogen-bond acceptors (Lipinski definition) is 7. The van der Waals surface area contributed by atoms with Crippen molar-refractivity contribution in [3.8, 4) is 23.0 Å². The summed E-state index contributed by atoms with van der Waals surface area (Å²) in [6, 6.07) is 7.62. The monoisotopic (exact) mass is 539 g/mol. The zero-order valence-corrected chi connectivity index (χ0v) is 23.0. The normalized spacial score (nSPS) is 19.5. The second-order valence-electron chi connectivity index (χ2n) is 11.0. The maximum atomic E-state index is 10.8. The third-order valence-corrected chi connectivity index (χ3v) is 7.64. The summed E-state index contributed by atoms with van der Waals surface area (Å²) in [7, 11) is 1.42. The summed E-state index contributed by atoms with van der Waals surface area (Å²) in [4.78, 5) is 3.02. The molecule has 3 unspecified atom stereocenters. The van der Waals surface area contributed by atoms with Crippen molar-refractivity contribution in [2.45, 2.75) is 83.7 Å². The standard InChI is InChI=1S/C31H41NO7/c1-18(2)4-7-21-12-19(6-9-26(21)35)5-8-23-14-22(34)15-27(39-23)28-24(13-20-10-11-32-16-20)31(38-3)30(37)29(36)25(28)17-33/h6,9-12,16,18,22-23,27,32-37H,4-5,7-8,13-15,17H2,1-3H3. The molecule has 0 spiro atoms. The van der Waals surface area contributed by atoms with Gasteiger partial charge < -0.3 is 40.0 Å². The van der Waals surface area contributed by atoms with Crippen LogP contribution in [0.2, 0.25) is 0 Å². The highest BCUT2D eigenvalue weighted by molar-refractivity contribution is 5.64. The Kier molecular flexibility index (Phi) is 9.43. The van der Waals surface area contributed by atoms with Crippen molar-refractivity contribution < 1.29 is 35.0 Å². The lowest BCUT2D eigenvalue weighted by Crippen LogP contribution is -2.32. The van der Waals surface area contributed by atoms with Crippen molar-refractivity contribution in [3.05, 3.63) is 70.0 Å². The van der Waals surface area contributed by atoms with E-state index in [1.165, 1.54) is 7.11 Å². The molecule has 1 aliphatic heterocycles. The van der Waals surface area contributed by atoms with Crippen LogP contribution in [0.15, 0.2) is 36.7 Å². The van der Waals surface area contributed by atoms with Crippen LogP contribution < -0.4 is 4.74 Å². The first kappa shape index (κ1) is 28.8. The summed E-state index contributed by atoms with van der Waals surface area (Å²) in [6.45, 7) is 3.82. The zero-order chi connectivity index (χ0) is 28.1. The predicted octanol–water partition coefficient (Wildman–Crippen LogP) is 5.03. The largest absolute Gasteiger partial charge is 0.508 e. The summed E-state index contributed by atoms with van der Waals surface area (Å²) in [5, 5.41) is 52.8. The Morgan fingerprint density at radius 1 is 1.03 bits per heavy atom. The molecule has 2 aromatic carbocycles. The van der Waals surface area contributed by atoms with Crippen molar-refractivity contribution >= 4 is 0 Å². The number of aromatic hydroxyl groups is 3. The molecule has 0 bridgehead atoms. The number of phenols is 3. The van der Waals surface area contributed by atoms with Gasteiger partial charge in [0.15, 0.2) is 11.5 Å². The molecular formula is C31H41NO7. The Balaban J connectivity index is 1.60. The van der Waals surface area contributed by atoms with Gasteiger partial charge >= 0.3 is 0 Å². The third-order valence-electron chi connectivity index (χ3n) is 7.64. The van der Waals surface area contributed by atoms with E-state index in [0.717, 1.165) is 29.5 Å². The number of aliphatic hydroxyl groups excluding tert-OH is 2. The first-order valence-electron chi connectivity index (χ1n) is 13.7. The van der Waals surface area contributed by atoms with Crippen LogP contribution in [0, 0.1) is 5.92 Å². The van der Waals surface area contributed by atoms with Gasteiger partial charge in [0.05, 0.1) is 32.0 Å². The Labute approximate surface area is 229 Å². The first-order chi connectivity index (χ1) is 18.7. The average molecular weight is 540 g/mol. The van der Waals surface area contributed by atoms with Gasteiger partial charge in [0.2, 0.25) is 5.75 Å². The molecule has 0 radical (unpaired) electrons. The third kappa shape index (κ3) is 6.69. The van der Waals surface area contributed by atoms with Gasteiger partial charge in [-0.3, -0.25) is 0 Å². The van der Waals surface area contributed by atoms with E-state index in [1.54, 1.807) is 12.3 Å². The van der Waals surface area contributed by atoms with Crippen LogP contribution in [0.25, 0.3) is 0 Å². The Bertz CT molecular complexity index is 1240. The molecule has 6 N–H and O–H groups in total. The quantitative estimate of drug-likeness (QED) is 0.188. The molecule has 8 nitrogen and oxygen atoms in total. The van der Waals surface area contributed by atoms with E-state index in [0.29, 0.717) is 48.5 Å². The summed E-state index contributed by atoms with van der Waals surface area (Å²) < 4.78 is 12.0. The van der Waals surface area contributed by atoms with Gasteiger partial charge in [-0.25, -0.2) is 0 Å². The van der Waals surface area contributed by atoms with E-state index < -0.39 is 30.3 Å². The fourth-order valence-corrected chi connectivity index (χ4v) is 5.57. The summed E-state index contributed by atoms with van der Waals surface area (Å²) in [6.07, 6.45) is 6.43. The smallest absolute Gasteiger partial charge is 0.201 e. The van der Waals surface area contributed by atoms with Crippen molar-refractivity contribution in [2.24, 2.45) is 5.92 Å². The van der Waals surface area contributed by atoms with Crippen molar-refractivity contribution in [2.75, 3.05) is 7.11 Å². The van der Waals surface area contributed by atoms with Crippen LogP contribution in [0.1, 0.15) is 79.0 Å². The van der Waals surface area contributed by atoms with Crippen LogP contribution in [0.5, 0.6) is 23.0 Å². The first-order valence-corrected chi connectivity index (χ1v) is 13.7. The van der Waals surface area contributed by atoms with E-state index in [-0.39, 0.29) is 23.8 Å². The molecule has 3 aromatic rings. The SMILES string of the molecule is COc1c(O)c(O)c(CO)c(C2CC(O)CC(CCc3ccc(O)c(CCC(C)C)c3)O2)c1Cc1cc[nH]c1. The number of benzene rings is 2. The molecule has 1 fully saturated rings. The number of hydrogen-bond donors (Lipinski definition) is 6. The van der Waals surface area contributed by atoms with E-state index >= 15 is 0 Å². The van der Waals surface area contributed by atoms with E-state index in [9.17, 15) is 25.5 Å². The zero-order valence-electron chi connectivity index (χ0n) is 23.0. The van der Waals surface area contributed by atoms with Crippen LogP contribution in [0.3, 0.4) is 0 Å². The number of rotatable bonds is 11. The lowest BCUT2D eigenvalue weighted by molar-refractivity contribution is -0.101. The Hall–Kier alpha value is -3.20. The van der Waals surface area contributed by atoms with E-state index in [2.05, 4.69) is 24.9 Å². The second-order valence-corrected chi connectivity index (χ2v) is 11.0. The number of H-pyrrole nitrogens is 1. The molecule has 8 heteroatoms. The molecule has 1 aliphatic rings. The number of methoxy groups -OCH3 is 1. The number of aromatic nitrogens is 1. The lowest BCUT2D eigenvalue weighted by Gasteiger charge is -2.36. The minimum Gasteiger partial charge on any atom is -0.508 e. The highest BCUT2D eigenvalue weighted by Gasteiger charge is 2.35. The molecule has 212 valence electrons. The summed E-state index contributed by atoms with van der Waals surface area (Å²) in [5.74, 6) is 0.117. The van der Waals surface area contributed by atoms with Crippen LogP contribution in [0.4, 0.5) is 0 Å². The number of aliphatic hydroxyl groups is 2. The maximum absolute atomic E-state index is 10.8. The van der Waals surface area contributed by atoms with Gasteiger partial charge in [-0.1, -0.05) is 26.0 Å². The second kappa shape index (κ2) is 12.8. The summed E-state index contributed by atoms with van der Waals surface area (Å²) >= 11 is 0. The van der Waals surface area contributed by atoms with E-state index in [4.69, 9.17) is 9.47 Å². The number of nitrogens with one attached hydrogen (secondary N) is 1. The lowest BCUT2D eigenvalue weighted by atomic mass is 9.86. The fourth-order valence-electron chi connectivity index (χ4n) is 5.57. The van der Waals surface area contributed by atoms with Crippen LogP contribution in [-0.4, -0.2) is 49.8 Å². The number of phenolic OH excluding ortho intramolecular Hbond substituents is 2. The Morgan fingerprint density at radius 3 is 2.49 bits per heavy atom. The number of ether oxygens (including phenoxy) is 2. The van der Waals surface area contributed by atoms with Gasteiger partial charge in [0.25, 0.3) is 0 Å². The molecule has 1 saturated heterocycles. The van der Waals surface area contributed by atoms with E-state index in [1.807, 2.05) is 18.3 Å². The average Bonchev–Trinajstić information content (AvgIpc) is 3.42. The van der Waals surface area contributed by atoms with Crippen LogP contribution >= 0.6 is 0 Å². The molecule has 39 heavy (non-hydrogen) atoms. The number of aromatic amines is 1. The van der Waals surface area contributed by atoms with Crippen LogP contribution in [-0.2, 0) is 30.6 Å². The minimum atomic E-state index is -0.635. The highest BCUT2D eigenvalue weighted by atomic mass is 16.5. The maximum Gasteiger partial charge on any atom is 0.201 e. The molecule has 0 amide bonds. The number of aryl methyl sites for hydroxylation is 2. The Morgan fingerprint density at radius 2 is 1.82 bits per heavy atom. The van der Waals surface area contributed by atoms with Crippen molar-refractivity contribution in [1.29, 1.82) is 0 Å². The van der Waals surface area contributed by atoms with Gasteiger partial charge in [-0.2, -0.15) is 0 Å². The predicted molar refractivity (Wildman–Crippen MR) is 148 cm³/mol. The fraction of sp³-hybridized carbons (Fsp3) is 0.484. The summed E-state index contributed by atoms with van der Waals surface area (Å²) in [5.41, 5.74) is 4.28. The molecule has 0 aliphatic carbocycles. The molecule has 1 aromatic heterocycles. The minimum absolute atomic E-state index is 0.124. The molecule has 0 saturated carbocycles.